The molecule has 8 heteroatoms. The Morgan fingerprint density at radius 3 is 2.64 bits per heavy atom. The summed E-state index contributed by atoms with van der Waals surface area (Å²) in [6.07, 6.45) is 0.754. The van der Waals surface area contributed by atoms with Gasteiger partial charge in [0, 0.05) is 17.0 Å². The number of nitrogens with one attached hydrogen (secondary N) is 1. The predicted octanol–water partition coefficient (Wildman–Crippen LogP) is 4.12. The molecule has 2 aromatic rings. The Morgan fingerprint density at radius 1 is 1.11 bits per heavy atom. The van der Waals surface area contributed by atoms with Crippen molar-refractivity contribution in [1.82, 2.24) is 10.2 Å². The van der Waals surface area contributed by atoms with Crippen LogP contribution in [0.4, 0.5) is 4.79 Å². The van der Waals surface area contributed by atoms with E-state index >= 15 is 0 Å². The molecule has 0 saturated carbocycles. The monoisotopic (exact) mass is 420 g/mol. The fraction of sp³-hybridized carbons (Fsp3) is 0.300. The van der Waals surface area contributed by atoms with E-state index in [1.807, 2.05) is 0 Å². The van der Waals surface area contributed by atoms with E-state index in [2.05, 4.69) is 5.32 Å². The zero-order chi connectivity index (χ0) is 19.9. The highest BCUT2D eigenvalue weighted by molar-refractivity contribution is 6.32. The molecule has 2 aromatic carbocycles. The molecular formula is C20H18Cl2N2O4. The summed E-state index contributed by atoms with van der Waals surface area (Å²) in [6, 6.07) is 9.91. The van der Waals surface area contributed by atoms with E-state index in [0.717, 1.165) is 11.3 Å². The number of ether oxygens (including phenoxy) is 2. The van der Waals surface area contributed by atoms with Crippen LogP contribution in [0.15, 0.2) is 36.4 Å². The van der Waals surface area contributed by atoms with E-state index < -0.39 is 11.6 Å². The molecule has 0 aliphatic carbocycles. The smallest absolute Gasteiger partial charge is 0.325 e. The van der Waals surface area contributed by atoms with Crippen molar-refractivity contribution in [2.24, 2.45) is 0 Å². The van der Waals surface area contributed by atoms with Gasteiger partial charge in [-0.1, -0.05) is 41.4 Å². The molecule has 6 nitrogen and oxygen atoms in total. The van der Waals surface area contributed by atoms with Crippen LogP contribution in [0.5, 0.6) is 11.5 Å². The van der Waals surface area contributed by atoms with Crippen LogP contribution in [0.3, 0.4) is 0 Å². The molecule has 146 valence electrons. The minimum absolute atomic E-state index is 0.0566. The van der Waals surface area contributed by atoms with Crippen molar-refractivity contribution in [2.75, 3.05) is 13.2 Å². The molecule has 28 heavy (non-hydrogen) atoms. The first-order valence-corrected chi connectivity index (χ1v) is 9.63. The number of fused-ring (bicyclic) bond motifs is 1. The highest BCUT2D eigenvalue weighted by Gasteiger charge is 2.49. The number of carbonyl (C=O) groups is 2. The quantitative estimate of drug-likeness (QED) is 0.758. The van der Waals surface area contributed by atoms with E-state index in [1.54, 1.807) is 43.3 Å². The van der Waals surface area contributed by atoms with Crippen LogP contribution in [-0.4, -0.2) is 30.1 Å². The molecule has 1 N–H and O–H groups in total. The number of halogens is 2. The lowest BCUT2D eigenvalue weighted by Crippen LogP contribution is -2.41. The second-order valence-electron chi connectivity index (χ2n) is 6.88. The van der Waals surface area contributed by atoms with Gasteiger partial charge in [-0.15, -0.1) is 0 Å². The third-order valence-corrected chi connectivity index (χ3v) is 5.50. The number of benzene rings is 2. The third kappa shape index (κ3) is 3.16. The van der Waals surface area contributed by atoms with Crippen LogP contribution in [-0.2, 0) is 16.9 Å². The summed E-state index contributed by atoms with van der Waals surface area (Å²) in [4.78, 5) is 26.9. The largest absolute Gasteiger partial charge is 0.489 e. The Bertz CT molecular complexity index is 965. The van der Waals surface area contributed by atoms with E-state index in [1.165, 1.54) is 0 Å². The highest BCUT2D eigenvalue weighted by Crippen LogP contribution is 2.39. The summed E-state index contributed by atoms with van der Waals surface area (Å²) in [5.74, 6) is 0.621. The Balaban J connectivity index is 1.63. The van der Waals surface area contributed by atoms with Crippen molar-refractivity contribution in [3.8, 4) is 11.5 Å². The van der Waals surface area contributed by atoms with Gasteiger partial charge in [0.2, 0.25) is 0 Å². The van der Waals surface area contributed by atoms with Gasteiger partial charge in [-0.2, -0.15) is 0 Å². The number of rotatable bonds is 3. The van der Waals surface area contributed by atoms with Gasteiger partial charge in [-0.05, 0) is 30.7 Å². The van der Waals surface area contributed by atoms with Gasteiger partial charge in [-0.25, -0.2) is 4.79 Å². The molecule has 0 spiro atoms. The summed E-state index contributed by atoms with van der Waals surface area (Å²) in [5.41, 5.74) is -0.0137. The average Bonchev–Trinajstić information content (AvgIpc) is 2.84. The number of urea groups is 1. The SMILES string of the molecule is C[C@]1(c2ccccc2Cl)NC(=O)N(Cc2cc(Cl)c3c(c2)OCCCO3)C1=O. The van der Waals surface area contributed by atoms with Gasteiger partial charge in [0.05, 0.1) is 24.8 Å². The molecule has 2 aliphatic rings. The molecule has 3 amide bonds. The molecule has 1 saturated heterocycles. The Kier molecular flexibility index (Phi) is 4.85. The second-order valence-corrected chi connectivity index (χ2v) is 7.70. The van der Waals surface area contributed by atoms with Crippen molar-refractivity contribution in [1.29, 1.82) is 0 Å². The first kappa shape index (κ1) is 18.9. The second kappa shape index (κ2) is 7.18. The first-order valence-electron chi connectivity index (χ1n) is 8.87. The number of hydrogen-bond acceptors (Lipinski definition) is 4. The first-order chi connectivity index (χ1) is 13.4. The number of amides is 3. The van der Waals surface area contributed by atoms with E-state index in [-0.39, 0.29) is 12.5 Å². The minimum atomic E-state index is -1.23. The summed E-state index contributed by atoms with van der Waals surface area (Å²) in [5, 5.41) is 3.56. The maximum absolute atomic E-state index is 13.1. The van der Waals surface area contributed by atoms with Gasteiger partial charge in [0.1, 0.15) is 5.54 Å². The number of hydrogen-bond donors (Lipinski definition) is 1. The Labute approximate surface area is 172 Å². The standard InChI is InChI=1S/C20H18Cl2N2O4/c1-20(13-5-2-3-6-14(13)21)18(25)24(19(26)23-20)11-12-9-15(22)17-16(10-12)27-7-4-8-28-17/h2-3,5-6,9-10H,4,7-8,11H2,1H3,(H,23,26)/t20-/m1/s1. The van der Waals surface area contributed by atoms with Crippen molar-refractivity contribution in [3.63, 3.8) is 0 Å². The summed E-state index contributed by atoms with van der Waals surface area (Å²) in [7, 11) is 0. The van der Waals surface area contributed by atoms with Crippen molar-refractivity contribution in [3.05, 3.63) is 57.6 Å². The Hall–Kier alpha value is -2.44. The summed E-state index contributed by atoms with van der Waals surface area (Å²) in [6.45, 7) is 2.74. The van der Waals surface area contributed by atoms with Crippen molar-refractivity contribution < 1.29 is 19.1 Å². The summed E-state index contributed by atoms with van der Waals surface area (Å²) >= 11 is 12.6. The zero-order valence-corrected chi connectivity index (χ0v) is 16.6. The maximum atomic E-state index is 13.1. The third-order valence-electron chi connectivity index (χ3n) is 4.89. The number of nitrogens with zero attached hydrogens (tertiary/aromatic N) is 1. The van der Waals surface area contributed by atoms with Crippen LogP contribution in [0.1, 0.15) is 24.5 Å². The van der Waals surface area contributed by atoms with Crippen LogP contribution in [0.2, 0.25) is 10.0 Å². The van der Waals surface area contributed by atoms with E-state index in [9.17, 15) is 9.59 Å². The molecule has 0 radical (unpaired) electrons. The van der Waals surface area contributed by atoms with Crippen molar-refractivity contribution >= 4 is 35.1 Å². The predicted molar refractivity (Wildman–Crippen MR) is 105 cm³/mol. The molecule has 2 heterocycles. The zero-order valence-electron chi connectivity index (χ0n) is 15.1. The summed E-state index contributed by atoms with van der Waals surface area (Å²) < 4.78 is 11.3. The fourth-order valence-corrected chi connectivity index (χ4v) is 4.06. The molecular weight excluding hydrogens is 403 g/mol. The highest BCUT2D eigenvalue weighted by atomic mass is 35.5. The topological polar surface area (TPSA) is 67.9 Å². The van der Waals surface area contributed by atoms with Crippen molar-refractivity contribution in [2.45, 2.75) is 25.4 Å². The molecule has 4 rings (SSSR count). The van der Waals surface area contributed by atoms with Gasteiger partial charge < -0.3 is 14.8 Å². The maximum Gasteiger partial charge on any atom is 0.325 e. The number of carbonyl (C=O) groups excluding carboxylic acids is 2. The van der Waals surface area contributed by atoms with E-state index in [0.29, 0.717) is 45.9 Å². The molecule has 1 atom stereocenters. The fourth-order valence-electron chi connectivity index (χ4n) is 3.45. The van der Waals surface area contributed by atoms with Gasteiger partial charge >= 0.3 is 6.03 Å². The van der Waals surface area contributed by atoms with Crippen LogP contribution in [0.25, 0.3) is 0 Å². The van der Waals surface area contributed by atoms with E-state index in [4.69, 9.17) is 32.7 Å². The van der Waals surface area contributed by atoms with Crippen LogP contribution >= 0.6 is 23.2 Å². The Morgan fingerprint density at radius 2 is 1.86 bits per heavy atom. The minimum Gasteiger partial charge on any atom is -0.489 e. The normalized spacial score (nSPS) is 21.5. The number of imide groups is 1. The lowest BCUT2D eigenvalue weighted by atomic mass is 9.92. The lowest BCUT2D eigenvalue weighted by molar-refractivity contribution is -0.131. The average molecular weight is 421 g/mol. The van der Waals surface area contributed by atoms with Gasteiger partial charge in [0.15, 0.2) is 11.5 Å². The molecule has 1 fully saturated rings. The molecule has 0 aromatic heterocycles. The van der Waals surface area contributed by atoms with Crippen LogP contribution in [0, 0.1) is 0 Å². The molecule has 0 unspecified atom stereocenters. The lowest BCUT2D eigenvalue weighted by Gasteiger charge is -2.23. The molecule has 2 aliphatic heterocycles. The van der Waals surface area contributed by atoms with Gasteiger partial charge in [-0.3, -0.25) is 9.69 Å². The van der Waals surface area contributed by atoms with Gasteiger partial charge in [0.25, 0.3) is 5.91 Å². The van der Waals surface area contributed by atoms with Crippen LogP contribution < -0.4 is 14.8 Å². The molecule has 0 bridgehead atoms.